The molecule has 9 nitrogen and oxygen atoms in total. The Morgan fingerprint density at radius 2 is 1.47 bits per heavy atom. The smallest absolute Gasteiger partial charge is 0.308 e. The molecule has 1 fully saturated rings. The van der Waals surface area contributed by atoms with Crippen molar-refractivity contribution in [3.8, 4) is 0 Å². The standard InChI is InChI=1S/C48H90O9Si3/c1-17-41(56-59(21-5,22-6)23-7)38(13)46-42(53-46)35-47(15,57-60(24-8,25-9)26-10)32-27-28-36(11)45-37(12)29-30-43(52-39(14)49)48(16,51)33-31-40(34-44(50)54-45)55-58(18-2,19-3)20-4/h27-30,32,37-38,40-43,45-46,51H,17-26,31,33-35H2,1-16H3/b30-29+,32-27+,36-28+/t37-,38+,40+,41-,42-,43+,45+,46-,47-,48+/m0/s1. The Bertz CT molecular complexity index is 1380. The number of cyclic esters (lactones) is 1. The molecule has 0 bridgehead atoms. The molecule has 2 aliphatic rings. The highest BCUT2D eigenvalue weighted by molar-refractivity contribution is 6.74. The topological polar surface area (TPSA) is 113 Å². The highest BCUT2D eigenvalue weighted by atomic mass is 28.4. The SMILES string of the molecule is CC[C@H](O[Si](CC)(CC)CC)[C@@H](C)[C@@H]1O[C@H]1C[C@](C)(/C=C/C=C(\C)[C@H]1OC(=O)C[C@H](O[Si](CC)(CC)CC)CC[C@@](C)(O)[C@H](OC(C)=O)/C=C/[C@@H]1C)O[Si](CC)(CC)CC. The zero-order valence-electron chi connectivity index (χ0n) is 41.1. The quantitative estimate of drug-likeness (QED) is 0.0333. The molecule has 0 spiro atoms. The largest absolute Gasteiger partial charge is 0.457 e. The lowest BCUT2D eigenvalue weighted by atomic mass is 9.88. The van der Waals surface area contributed by atoms with Crippen molar-refractivity contribution < 1.29 is 42.2 Å². The van der Waals surface area contributed by atoms with Crippen molar-refractivity contribution in [2.45, 2.75) is 245 Å². The van der Waals surface area contributed by atoms with Crippen molar-refractivity contribution >= 4 is 36.9 Å². The molecule has 0 aromatic rings. The van der Waals surface area contributed by atoms with Gasteiger partial charge in [0.2, 0.25) is 0 Å². The molecule has 2 heterocycles. The van der Waals surface area contributed by atoms with Crippen molar-refractivity contribution in [1.82, 2.24) is 0 Å². The minimum absolute atomic E-state index is 0.0838. The predicted octanol–water partition coefficient (Wildman–Crippen LogP) is 12.2. The Hall–Kier alpha value is -1.39. The van der Waals surface area contributed by atoms with Crippen LogP contribution in [0.15, 0.2) is 36.0 Å². The Morgan fingerprint density at radius 3 is 1.97 bits per heavy atom. The van der Waals surface area contributed by atoms with Crippen LogP contribution in [0, 0.1) is 11.8 Å². The van der Waals surface area contributed by atoms with Gasteiger partial charge in [-0.25, -0.2) is 0 Å². The van der Waals surface area contributed by atoms with E-state index in [2.05, 4.69) is 95.2 Å². The van der Waals surface area contributed by atoms with Crippen molar-refractivity contribution in [3.05, 3.63) is 36.0 Å². The maximum absolute atomic E-state index is 13.9. The fraction of sp³-hybridized carbons (Fsp3) is 0.833. The molecule has 0 amide bonds. The van der Waals surface area contributed by atoms with Gasteiger partial charge < -0.3 is 32.6 Å². The molecule has 0 aromatic heterocycles. The van der Waals surface area contributed by atoms with E-state index in [4.69, 9.17) is 27.5 Å². The van der Waals surface area contributed by atoms with Gasteiger partial charge in [0.05, 0.1) is 30.3 Å². The van der Waals surface area contributed by atoms with E-state index in [0.717, 1.165) is 72.8 Å². The minimum atomic E-state index is -2.10. The van der Waals surface area contributed by atoms with E-state index in [1.54, 1.807) is 13.0 Å². The number of aliphatic hydroxyl groups is 1. The van der Waals surface area contributed by atoms with Gasteiger partial charge in [-0.05, 0) is 106 Å². The molecule has 60 heavy (non-hydrogen) atoms. The number of ether oxygens (including phenoxy) is 3. The average molecular weight is 895 g/mol. The van der Waals surface area contributed by atoms with Crippen molar-refractivity contribution in [1.29, 1.82) is 0 Å². The average Bonchev–Trinajstić information content (AvgIpc) is 3.99. The van der Waals surface area contributed by atoms with Crippen LogP contribution in [0.3, 0.4) is 0 Å². The number of esters is 2. The molecule has 348 valence electrons. The summed E-state index contributed by atoms with van der Waals surface area (Å²) in [5, 5.41) is 11.7. The molecular weight excluding hydrogens is 805 g/mol. The van der Waals surface area contributed by atoms with E-state index < -0.39 is 60.4 Å². The first-order valence-corrected chi connectivity index (χ1v) is 31.6. The molecule has 12 heteroatoms. The predicted molar refractivity (Wildman–Crippen MR) is 255 cm³/mol. The highest BCUT2D eigenvalue weighted by Gasteiger charge is 2.51. The number of carbonyl (C=O) groups is 2. The van der Waals surface area contributed by atoms with Crippen LogP contribution in [-0.2, 0) is 37.1 Å². The molecule has 1 N–H and O–H groups in total. The second-order valence-electron chi connectivity index (χ2n) is 18.7. The third-order valence-corrected chi connectivity index (χ3v) is 28.8. The lowest BCUT2D eigenvalue weighted by Crippen LogP contribution is -2.46. The molecule has 2 aliphatic heterocycles. The van der Waals surface area contributed by atoms with Crippen molar-refractivity contribution in [3.63, 3.8) is 0 Å². The minimum Gasteiger partial charge on any atom is -0.457 e. The second-order valence-corrected chi connectivity index (χ2v) is 32.8. The van der Waals surface area contributed by atoms with Gasteiger partial charge >= 0.3 is 11.9 Å². The number of hydrogen-bond acceptors (Lipinski definition) is 9. The van der Waals surface area contributed by atoms with Crippen LogP contribution in [0.5, 0.6) is 0 Å². The normalized spacial score (nSPS) is 28.9. The molecule has 0 saturated carbocycles. The maximum Gasteiger partial charge on any atom is 0.308 e. The lowest BCUT2D eigenvalue weighted by Gasteiger charge is -2.39. The fourth-order valence-electron chi connectivity index (χ4n) is 9.45. The Balaban J connectivity index is 2.52. The molecule has 0 aromatic carbocycles. The fourth-order valence-corrected chi connectivity index (χ4v) is 18.5. The summed E-state index contributed by atoms with van der Waals surface area (Å²) in [6.07, 6.45) is 11.0. The summed E-state index contributed by atoms with van der Waals surface area (Å²) in [5.74, 6) is -0.775. The third kappa shape index (κ3) is 15.4. The van der Waals surface area contributed by atoms with E-state index in [0.29, 0.717) is 18.8 Å². The van der Waals surface area contributed by atoms with Crippen LogP contribution in [0.4, 0.5) is 0 Å². The number of epoxide rings is 1. The first kappa shape index (κ1) is 54.7. The Kier molecular flexibility index (Phi) is 22.5. The van der Waals surface area contributed by atoms with Gasteiger partial charge in [-0.15, -0.1) is 0 Å². The first-order chi connectivity index (χ1) is 28.2. The van der Waals surface area contributed by atoms with Gasteiger partial charge in [-0.3, -0.25) is 9.59 Å². The van der Waals surface area contributed by atoms with Crippen LogP contribution in [0.25, 0.3) is 0 Å². The summed E-state index contributed by atoms with van der Waals surface area (Å²) < 4.78 is 39.8. The maximum atomic E-state index is 13.9. The van der Waals surface area contributed by atoms with Gasteiger partial charge in [-0.1, -0.05) is 107 Å². The van der Waals surface area contributed by atoms with E-state index in [1.165, 1.54) is 6.92 Å². The number of rotatable bonds is 24. The van der Waals surface area contributed by atoms with Crippen LogP contribution in [0.1, 0.15) is 143 Å². The number of allylic oxidation sites excluding steroid dienone is 2. The molecule has 0 radical (unpaired) electrons. The second kappa shape index (κ2) is 24.6. The van der Waals surface area contributed by atoms with E-state index >= 15 is 0 Å². The van der Waals surface area contributed by atoms with Gasteiger partial charge in [0.15, 0.2) is 25.0 Å². The molecule has 1 saturated heterocycles. The monoisotopic (exact) mass is 895 g/mol. The van der Waals surface area contributed by atoms with E-state index in [1.807, 2.05) is 26.0 Å². The molecule has 2 rings (SSSR count). The summed E-state index contributed by atoms with van der Waals surface area (Å²) >= 11 is 0. The Labute approximate surface area is 370 Å². The first-order valence-electron chi connectivity index (χ1n) is 24.0. The summed E-state index contributed by atoms with van der Waals surface area (Å²) in [6.45, 7) is 34.0. The molecular formula is C48H90O9Si3. The van der Waals surface area contributed by atoms with Crippen molar-refractivity contribution in [2.24, 2.45) is 11.8 Å². The highest BCUT2D eigenvalue weighted by Crippen LogP contribution is 2.42. The van der Waals surface area contributed by atoms with Crippen LogP contribution >= 0.6 is 0 Å². The third-order valence-electron chi connectivity index (χ3n) is 14.7. The van der Waals surface area contributed by atoms with E-state index in [-0.39, 0.29) is 36.6 Å². The molecule has 0 unspecified atom stereocenters. The van der Waals surface area contributed by atoms with E-state index in [9.17, 15) is 14.7 Å². The summed E-state index contributed by atoms with van der Waals surface area (Å²) in [5.41, 5.74) is -1.04. The van der Waals surface area contributed by atoms with Gasteiger partial charge in [0.1, 0.15) is 17.8 Å². The summed E-state index contributed by atoms with van der Waals surface area (Å²) in [4.78, 5) is 26.1. The van der Waals surface area contributed by atoms with Crippen molar-refractivity contribution in [2.75, 3.05) is 0 Å². The number of hydrogen-bond donors (Lipinski definition) is 1. The van der Waals surface area contributed by atoms with Gasteiger partial charge in [0.25, 0.3) is 0 Å². The van der Waals surface area contributed by atoms with Gasteiger partial charge in [-0.2, -0.15) is 0 Å². The summed E-state index contributed by atoms with van der Waals surface area (Å²) in [6, 6.07) is 9.36. The van der Waals surface area contributed by atoms with Crippen LogP contribution < -0.4 is 0 Å². The van der Waals surface area contributed by atoms with Gasteiger partial charge in [0, 0.05) is 31.3 Å². The molecule has 10 atom stereocenters. The number of carbonyl (C=O) groups excluding carboxylic acids is 2. The zero-order chi connectivity index (χ0) is 45.5. The zero-order valence-corrected chi connectivity index (χ0v) is 44.1. The van der Waals surface area contributed by atoms with Crippen LogP contribution in [0.2, 0.25) is 54.4 Å². The Morgan fingerprint density at radius 1 is 0.917 bits per heavy atom. The summed E-state index contributed by atoms with van der Waals surface area (Å²) in [7, 11) is -5.90. The molecule has 0 aliphatic carbocycles. The van der Waals surface area contributed by atoms with Crippen LogP contribution in [-0.4, -0.2) is 89.8 Å². The lowest BCUT2D eigenvalue weighted by molar-refractivity contribution is -0.157.